The predicted molar refractivity (Wildman–Crippen MR) is 61.8 cm³/mol. The van der Waals surface area contributed by atoms with Gasteiger partial charge in [-0.25, -0.2) is 0 Å². The van der Waals surface area contributed by atoms with E-state index in [9.17, 15) is 4.79 Å². The highest BCUT2D eigenvalue weighted by atomic mass is 16.1. The molecule has 0 radical (unpaired) electrons. The molecule has 0 aromatic heterocycles. The van der Waals surface area contributed by atoms with Crippen LogP contribution in [0.15, 0.2) is 24.8 Å². The van der Waals surface area contributed by atoms with Crippen LogP contribution in [0.3, 0.4) is 0 Å². The zero-order chi connectivity index (χ0) is 10.8. The van der Waals surface area contributed by atoms with E-state index in [0.717, 1.165) is 29.5 Å². The highest BCUT2D eigenvalue weighted by Gasteiger charge is 2.23. The quantitative estimate of drug-likeness (QED) is 0.800. The van der Waals surface area contributed by atoms with Gasteiger partial charge in [0.2, 0.25) is 0 Å². The van der Waals surface area contributed by atoms with Crippen molar-refractivity contribution in [2.45, 2.75) is 25.8 Å². The zero-order valence-corrected chi connectivity index (χ0v) is 8.92. The van der Waals surface area contributed by atoms with Crippen molar-refractivity contribution in [3.8, 4) is 0 Å². The number of hydrogen-bond acceptors (Lipinski definition) is 1. The van der Waals surface area contributed by atoms with Crippen LogP contribution < -0.4 is 5.32 Å². The van der Waals surface area contributed by atoms with Gasteiger partial charge in [0.15, 0.2) is 0 Å². The van der Waals surface area contributed by atoms with E-state index in [2.05, 4.69) is 11.9 Å². The Kier molecular flexibility index (Phi) is 2.58. The first kappa shape index (κ1) is 9.97. The molecule has 2 nitrogen and oxygen atoms in total. The van der Waals surface area contributed by atoms with Gasteiger partial charge in [0.25, 0.3) is 5.91 Å². The molecule has 1 saturated carbocycles. The molecular weight excluding hydrogens is 186 g/mol. The van der Waals surface area contributed by atoms with Crippen molar-refractivity contribution in [1.29, 1.82) is 0 Å². The van der Waals surface area contributed by atoms with E-state index in [0.29, 0.717) is 6.04 Å². The topological polar surface area (TPSA) is 29.1 Å². The van der Waals surface area contributed by atoms with Crippen molar-refractivity contribution in [2.24, 2.45) is 0 Å². The average Bonchev–Trinajstić information content (AvgIpc) is 3.00. The van der Waals surface area contributed by atoms with Crippen LogP contribution in [-0.4, -0.2) is 11.9 Å². The second kappa shape index (κ2) is 3.89. The number of nitrogens with one attached hydrogen (secondary N) is 1. The van der Waals surface area contributed by atoms with Crippen LogP contribution in [0.4, 0.5) is 0 Å². The molecule has 0 atom stereocenters. The highest BCUT2D eigenvalue weighted by Crippen LogP contribution is 2.20. The third-order valence-corrected chi connectivity index (χ3v) is 2.51. The highest BCUT2D eigenvalue weighted by molar-refractivity contribution is 5.95. The summed E-state index contributed by atoms with van der Waals surface area (Å²) in [6.45, 7) is 5.70. The maximum Gasteiger partial charge on any atom is 0.251 e. The van der Waals surface area contributed by atoms with E-state index in [4.69, 9.17) is 0 Å². The van der Waals surface area contributed by atoms with E-state index in [-0.39, 0.29) is 5.91 Å². The van der Waals surface area contributed by atoms with Crippen molar-refractivity contribution in [3.63, 3.8) is 0 Å². The predicted octanol–water partition coefficient (Wildman–Crippen LogP) is 2.53. The summed E-state index contributed by atoms with van der Waals surface area (Å²) >= 11 is 0. The molecule has 0 spiro atoms. The Balaban J connectivity index is 2.21. The van der Waals surface area contributed by atoms with Crippen LogP contribution in [0.2, 0.25) is 0 Å². The number of amides is 1. The normalized spacial score (nSPS) is 14.7. The Morgan fingerprint density at radius 1 is 1.47 bits per heavy atom. The van der Waals surface area contributed by atoms with Crippen molar-refractivity contribution >= 4 is 12.0 Å². The van der Waals surface area contributed by atoms with Gasteiger partial charge in [-0.1, -0.05) is 18.7 Å². The average molecular weight is 201 g/mol. The third-order valence-electron chi connectivity index (χ3n) is 2.51. The van der Waals surface area contributed by atoms with Gasteiger partial charge < -0.3 is 5.32 Å². The van der Waals surface area contributed by atoms with Gasteiger partial charge >= 0.3 is 0 Å². The van der Waals surface area contributed by atoms with Crippen molar-refractivity contribution in [3.05, 3.63) is 41.5 Å². The summed E-state index contributed by atoms with van der Waals surface area (Å²) in [5.74, 6) is 0.0318. The minimum absolute atomic E-state index is 0.0318. The van der Waals surface area contributed by atoms with Gasteiger partial charge in [0.1, 0.15) is 0 Å². The fraction of sp³-hybridized carbons (Fsp3) is 0.308. The van der Waals surface area contributed by atoms with Crippen molar-refractivity contribution in [2.75, 3.05) is 0 Å². The lowest BCUT2D eigenvalue weighted by molar-refractivity contribution is 0.0951. The Hall–Kier alpha value is -1.57. The maximum absolute atomic E-state index is 11.8. The molecule has 1 aromatic rings. The number of hydrogen-bond donors (Lipinski definition) is 1. The number of benzene rings is 1. The lowest BCUT2D eigenvalue weighted by Gasteiger charge is -2.05. The second-order valence-corrected chi connectivity index (χ2v) is 4.08. The van der Waals surface area contributed by atoms with Crippen molar-refractivity contribution < 1.29 is 4.79 Å². The molecule has 78 valence electrons. The van der Waals surface area contributed by atoms with E-state index in [1.165, 1.54) is 0 Å². The largest absolute Gasteiger partial charge is 0.349 e. The fourth-order valence-corrected chi connectivity index (χ4v) is 1.56. The summed E-state index contributed by atoms with van der Waals surface area (Å²) in [4.78, 5) is 11.8. The summed E-state index contributed by atoms with van der Waals surface area (Å²) in [5.41, 5.74) is 2.82. The molecule has 2 rings (SSSR count). The van der Waals surface area contributed by atoms with Crippen LogP contribution in [0.1, 0.15) is 34.3 Å². The van der Waals surface area contributed by atoms with Gasteiger partial charge in [0.05, 0.1) is 0 Å². The van der Waals surface area contributed by atoms with Crippen LogP contribution >= 0.6 is 0 Å². The van der Waals surface area contributed by atoms with Crippen LogP contribution in [0.5, 0.6) is 0 Å². The third kappa shape index (κ3) is 2.46. The van der Waals surface area contributed by atoms with Crippen LogP contribution in [0.25, 0.3) is 6.08 Å². The van der Waals surface area contributed by atoms with Crippen LogP contribution in [0, 0.1) is 6.92 Å². The standard InChI is InChI=1S/C13H15NO/c1-3-10-6-9(2)7-11(8-10)13(15)14-12-4-5-12/h3,6-8,12H,1,4-5H2,2H3,(H,14,15). The monoisotopic (exact) mass is 201 g/mol. The number of carbonyl (C=O) groups excluding carboxylic acids is 1. The summed E-state index contributed by atoms with van der Waals surface area (Å²) < 4.78 is 0. The fourth-order valence-electron chi connectivity index (χ4n) is 1.56. The Morgan fingerprint density at radius 3 is 2.80 bits per heavy atom. The summed E-state index contributed by atoms with van der Waals surface area (Å²) in [6, 6.07) is 6.20. The number of rotatable bonds is 3. The van der Waals surface area contributed by atoms with Gasteiger partial charge in [0, 0.05) is 11.6 Å². The van der Waals surface area contributed by atoms with E-state index in [1.807, 2.05) is 25.1 Å². The molecule has 1 amide bonds. The maximum atomic E-state index is 11.8. The molecular formula is C13H15NO. The molecule has 0 saturated heterocycles. The Labute approximate surface area is 90.0 Å². The summed E-state index contributed by atoms with van der Waals surface area (Å²) in [7, 11) is 0. The van der Waals surface area contributed by atoms with Gasteiger partial charge in [-0.05, 0) is 43.0 Å². The molecule has 15 heavy (non-hydrogen) atoms. The van der Waals surface area contributed by atoms with Crippen LogP contribution in [-0.2, 0) is 0 Å². The molecule has 1 aliphatic carbocycles. The Bertz CT molecular complexity index is 405. The molecule has 0 aliphatic heterocycles. The zero-order valence-electron chi connectivity index (χ0n) is 8.92. The molecule has 1 N–H and O–H groups in total. The lowest BCUT2D eigenvalue weighted by Crippen LogP contribution is -2.25. The van der Waals surface area contributed by atoms with Gasteiger partial charge in [-0.15, -0.1) is 0 Å². The molecule has 0 unspecified atom stereocenters. The van der Waals surface area contributed by atoms with E-state index >= 15 is 0 Å². The molecule has 1 aliphatic rings. The van der Waals surface area contributed by atoms with E-state index < -0.39 is 0 Å². The lowest BCUT2D eigenvalue weighted by atomic mass is 10.1. The first-order valence-corrected chi connectivity index (χ1v) is 5.24. The molecule has 1 aromatic carbocycles. The number of carbonyl (C=O) groups is 1. The molecule has 1 fully saturated rings. The minimum Gasteiger partial charge on any atom is -0.349 e. The molecule has 2 heteroatoms. The smallest absolute Gasteiger partial charge is 0.251 e. The number of aryl methyl sites for hydroxylation is 1. The van der Waals surface area contributed by atoms with Gasteiger partial charge in [-0.3, -0.25) is 4.79 Å². The summed E-state index contributed by atoms with van der Waals surface area (Å²) in [5, 5.41) is 2.98. The Morgan fingerprint density at radius 2 is 2.20 bits per heavy atom. The van der Waals surface area contributed by atoms with Gasteiger partial charge in [-0.2, -0.15) is 0 Å². The first-order valence-electron chi connectivity index (χ1n) is 5.24. The summed E-state index contributed by atoms with van der Waals surface area (Å²) in [6.07, 6.45) is 4.00. The minimum atomic E-state index is 0.0318. The second-order valence-electron chi connectivity index (χ2n) is 4.08. The SMILES string of the molecule is C=Cc1cc(C)cc(C(=O)NC2CC2)c1. The van der Waals surface area contributed by atoms with Crippen molar-refractivity contribution in [1.82, 2.24) is 5.32 Å². The van der Waals surface area contributed by atoms with E-state index in [1.54, 1.807) is 6.08 Å². The molecule has 0 bridgehead atoms. The first-order chi connectivity index (χ1) is 7.19. The molecule has 0 heterocycles.